The predicted octanol–water partition coefficient (Wildman–Crippen LogP) is 3.93. The summed E-state index contributed by atoms with van der Waals surface area (Å²) in [4.78, 5) is 10.4. The minimum Gasteiger partial charge on any atom is -0.385 e. The van der Waals surface area contributed by atoms with Gasteiger partial charge in [-0.1, -0.05) is 18.2 Å². The topological polar surface area (TPSA) is 41.1 Å². The summed E-state index contributed by atoms with van der Waals surface area (Å²) in [5.74, 6) is -0.260. The largest absolute Gasteiger partial charge is 0.385 e. The maximum Gasteiger partial charge on any atom is 0.128 e. The van der Waals surface area contributed by atoms with E-state index in [-0.39, 0.29) is 5.82 Å². The smallest absolute Gasteiger partial charge is 0.128 e. The van der Waals surface area contributed by atoms with E-state index in [4.69, 9.17) is 0 Å². The Morgan fingerprint density at radius 1 is 1.22 bits per heavy atom. The molecule has 0 aromatic heterocycles. The summed E-state index contributed by atoms with van der Waals surface area (Å²) in [7, 11) is 0. The number of aryl methyl sites for hydroxylation is 2. The van der Waals surface area contributed by atoms with Crippen molar-refractivity contribution in [1.82, 2.24) is 0 Å². The summed E-state index contributed by atoms with van der Waals surface area (Å²) in [6.07, 6.45) is 3.93. The van der Waals surface area contributed by atoms with E-state index in [1.807, 2.05) is 6.07 Å². The minimum absolute atomic E-state index is 0.260. The highest BCUT2D eigenvalue weighted by Gasteiger charge is 2.09. The summed E-state index contributed by atoms with van der Waals surface area (Å²) in [5, 5.41) is 6.68. The first-order valence-electron chi connectivity index (χ1n) is 8.08. The summed E-state index contributed by atoms with van der Waals surface area (Å²) < 4.78 is 14.0. The van der Waals surface area contributed by atoms with E-state index in [9.17, 15) is 9.18 Å². The number of carbonyl (C=O) groups excluding carboxylic acids is 1. The molecule has 4 heteroatoms. The molecule has 0 saturated carbocycles. The van der Waals surface area contributed by atoms with Crippen molar-refractivity contribution < 1.29 is 9.18 Å². The van der Waals surface area contributed by atoms with Gasteiger partial charge in [-0.2, -0.15) is 0 Å². The zero-order valence-electron chi connectivity index (χ0n) is 13.1. The number of fused-ring (bicyclic) bond motifs is 1. The van der Waals surface area contributed by atoms with E-state index in [0.29, 0.717) is 24.9 Å². The van der Waals surface area contributed by atoms with Gasteiger partial charge in [0.25, 0.3) is 0 Å². The van der Waals surface area contributed by atoms with Crippen LogP contribution in [-0.4, -0.2) is 12.8 Å². The second-order valence-electron chi connectivity index (χ2n) is 5.89. The Bertz CT molecular complexity index is 700. The monoisotopic (exact) mass is 312 g/mol. The van der Waals surface area contributed by atoms with Crippen molar-refractivity contribution in [1.29, 1.82) is 0 Å². The molecule has 0 aliphatic carbocycles. The molecule has 1 aliphatic heterocycles. The molecule has 0 bridgehead atoms. The van der Waals surface area contributed by atoms with Gasteiger partial charge in [0.2, 0.25) is 0 Å². The van der Waals surface area contributed by atoms with Crippen LogP contribution in [0.4, 0.5) is 15.8 Å². The molecule has 23 heavy (non-hydrogen) atoms. The first-order chi connectivity index (χ1) is 11.3. The summed E-state index contributed by atoms with van der Waals surface area (Å²) in [6, 6.07) is 11.6. The Labute approximate surface area is 135 Å². The normalized spacial score (nSPS) is 13.1. The molecule has 1 aliphatic rings. The molecule has 0 saturated heterocycles. The van der Waals surface area contributed by atoms with Gasteiger partial charge in [-0.05, 0) is 54.2 Å². The van der Waals surface area contributed by atoms with Gasteiger partial charge in [-0.15, -0.1) is 0 Å². The third kappa shape index (κ3) is 3.89. The lowest BCUT2D eigenvalue weighted by atomic mass is 10.0. The molecule has 2 aromatic rings. The van der Waals surface area contributed by atoms with Crippen LogP contribution in [0.3, 0.4) is 0 Å². The summed E-state index contributed by atoms with van der Waals surface area (Å²) in [5.41, 5.74) is 5.09. The lowest BCUT2D eigenvalue weighted by Crippen LogP contribution is -2.12. The first-order valence-corrected chi connectivity index (χ1v) is 8.08. The van der Waals surface area contributed by atoms with Crippen LogP contribution < -0.4 is 10.6 Å². The lowest BCUT2D eigenvalue weighted by Gasteiger charge is -2.19. The van der Waals surface area contributed by atoms with Crippen LogP contribution in [0.5, 0.6) is 0 Å². The number of hydrogen-bond donors (Lipinski definition) is 2. The van der Waals surface area contributed by atoms with Crippen LogP contribution in [-0.2, 0) is 24.2 Å². The Morgan fingerprint density at radius 3 is 2.96 bits per heavy atom. The molecular formula is C19H21FN2O. The van der Waals surface area contributed by atoms with Crippen molar-refractivity contribution in [2.24, 2.45) is 0 Å². The molecule has 2 aromatic carbocycles. The van der Waals surface area contributed by atoms with Crippen LogP contribution in [0, 0.1) is 5.82 Å². The number of hydrogen-bond acceptors (Lipinski definition) is 3. The number of nitrogens with one attached hydrogen (secondary N) is 2. The molecule has 0 atom stereocenters. The van der Waals surface area contributed by atoms with Crippen LogP contribution in [0.15, 0.2) is 36.4 Å². The van der Waals surface area contributed by atoms with Gasteiger partial charge in [0, 0.05) is 30.9 Å². The summed E-state index contributed by atoms with van der Waals surface area (Å²) >= 11 is 0. The molecular weight excluding hydrogens is 291 g/mol. The maximum absolute atomic E-state index is 14.0. The molecule has 1 heterocycles. The number of anilines is 2. The SMILES string of the molecule is O=CCCc1ccc(NCc2ccc3c(c2)NCCC3)cc1F. The highest BCUT2D eigenvalue weighted by Crippen LogP contribution is 2.24. The molecule has 0 unspecified atom stereocenters. The number of benzene rings is 2. The number of carbonyl (C=O) groups is 1. The first kappa shape index (κ1) is 15.5. The van der Waals surface area contributed by atoms with E-state index in [1.165, 1.54) is 29.3 Å². The van der Waals surface area contributed by atoms with Crippen molar-refractivity contribution in [2.45, 2.75) is 32.2 Å². The van der Waals surface area contributed by atoms with Crippen molar-refractivity contribution in [2.75, 3.05) is 17.2 Å². The molecule has 0 amide bonds. The Kier molecular flexibility index (Phi) is 4.91. The van der Waals surface area contributed by atoms with Crippen molar-refractivity contribution in [3.8, 4) is 0 Å². The van der Waals surface area contributed by atoms with Gasteiger partial charge in [-0.3, -0.25) is 0 Å². The maximum atomic E-state index is 14.0. The van der Waals surface area contributed by atoms with Crippen molar-refractivity contribution >= 4 is 17.7 Å². The van der Waals surface area contributed by atoms with Crippen LogP contribution >= 0.6 is 0 Å². The lowest BCUT2D eigenvalue weighted by molar-refractivity contribution is -0.107. The standard InChI is InChI=1S/C19H21FN2O/c20-18-12-17(8-7-15(18)4-2-10-23)22-13-14-5-6-16-3-1-9-21-19(16)11-14/h5-8,10-12,21-22H,1-4,9,13H2. The van der Waals surface area contributed by atoms with Gasteiger partial charge >= 0.3 is 0 Å². The van der Waals surface area contributed by atoms with Crippen LogP contribution in [0.25, 0.3) is 0 Å². The Balaban J connectivity index is 1.64. The third-order valence-corrected chi connectivity index (χ3v) is 4.19. The molecule has 0 spiro atoms. The average molecular weight is 312 g/mol. The van der Waals surface area contributed by atoms with E-state index in [2.05, 4.69) is 28.8 Å². The molecule has 0 radical (unpaired) electrons. The van der Waals surface area contributed by atoms with Gasteiger partial charge < -0.3 is 15.4 Å². The fraction of sp³-hybridized carbons (Fsp3) is 0.316. The minimum atomic E-state index is -0.260. The average Bonchev–Trinajstić information content (AvgIpc) is 2.59. The van der Waals surface area contributed by atoms with E-state index < -0.39 is 0 Å². The van der Waals surface area contributed by atoms with Gasteiger partial charge in [0.15, 0.2) is 0 Å². The number of rotatable bonds is 6. The van der Waals surface area contributed by atoms with E-state index in [1.54, 1.807) is 6.07 Å². The fourth-order valence-electron chi connectivity index (χ4n) is 2.90. The molecule has 2 N–H and O–H groups in total. The molecule has 0 fully saturated rings. The molecule has 3 nitrogen and oxygen atoms in total. The van der Waals surface area contributed by atoms with Crippen LogP contribution in [0.1, 0.15) is 29.5 Å². The highest BCUT2D eigenvalue weighted by atomic mass is 19.1. The second kappa shape index (κ2) is 7.27. The highest BCUT2D eigenvalue weighted by molar-refractivity contribution is 5.56. The van der Waals surface area contributed by atoms with E-state index in [0.717, 1.165) is 24.9 Å². The third-order valence-electron chi connectivity index (χ3n) is 4.19. The Morgan fingerprint density at radius 2 is 2.13 bits per heavy atom. The molecule has 120 valence electrons. The fourth-order valence-corrected chi connectivity index (χ4v) is 2.90. The zero-order chi connectivity index (χ0) is 16.1. The second-order valence-corrected chi connectivity index (χ2v) is 5.89. The number of halogens is 1. The van der Waals surface area contributed by atoms with Crippen molar-refractivity contribution in [3.63, 3.8) is 0 Å². The Hall–Kier alpha value is -2.36. The molecule has 3 rings (SSSR count). The van der Waals surface area contributed by atoms with Gasteiger partial charge in [0.05, 0.1) is 0 Å². The predicted molar refractivity (Wildman–Crippen MR) is 91.4 cm³/mol. The van der Waals surface area contributed by atoms with Crippen LogP contribution in [0.2, 0.25) is 0 Å². The van der Waals surface area contributed by atoms with Gasteiger partial charge in [-0.25, -0.2) is 4.39 Å². The van der Waals surface area contributed by atoms with Crippen molar-refractivity contribution in [3.05, 3.63) is 58.9 Å². The van der Waals surface area contributed by atoms with Gasteiger partial charge in [0.1, 0.15) is 12.1 Å². The zero-order valence-corrected chi connectivity index (χ0v) is 13.1. The summed E-state index contributed by atoms with van der Waals surface area (Å²) in [6.45, 7) is 1.68. The van der Waals surface area contributed by atoms with E-state index >= 15 is 0 Å². The quantitative estimate of drug-likeness (QED) is 0.794. The number of aldehydes is 1.